The highest BCUT2D eigenvalue weighted by Gasteiger charge is 2.13. The van der Waals surface area contributed by atoms with Crippen molar-refractivity contribution in [3.05, 3.63) is 30.5 Å². The fourth-order valence-electron chi connectivity index (χ4n) is 1.66. The Kier molecular flexibility index (Phi) is 2.90. The average Bonchev–Trinajstić information content (AvgIpc) is 2.27. The van der Waals surface area contributed by atoms with Gasteiger partial charge in [0.05, 0.1) is 16.8 Å². The molecule has 2 aromatic rings. The predicted octanol–water partition coefficient (Wildman–Crippen LogP) is 2.00. The molecule has 0 saturated heterocycles. The Morgan fingerprint density at radius 2 is 2.12 bits per heavy atom. The summed E-state index contributed by atoms with van der Waals surface area (Å²) in [6, 6.07) is 7.57. The van der Waals surface area contributed by atoms with Crippen LogP contribution in [0, 0.1) is 0 Å². The van der Waals surface area contributed by atoms with Gasteiger partial charge >= 0.3 is 0 Å². The summed E-state index contributed by atoms with van der Waals surface area (Å²) in [5.74, 6) is 0. The molecule has 1 aromatic heterocycles. The van der Waals surface area contributed by atoms with E-state index in [9.17, 15) is 5.11 Å². The van der Waals surface area contributed by atoms with Crippen LogP contribution >= 0.6 is 0 Å². The maximum Gasteiger partial charge on any atom is 0.0951 e. The minimum atomic E-state index is -0.754. The first kappa shape index (κ1) is 11.7. The van der Waals surface area contributed by atoms with Gasteiger partial charge in [-0.25, -0.2) is 0 Å². The molecule has 1 aromatic carbocycles. The number of nitrogen functional groups attached to an aromatic ring is 1. The SMILES string of the molecule is CC(C)(O)CNc1ccc(N)c2ncccc12. The standard InChI is InChI=1S/C13H17N3O/c1-13(2,17)8-16-11-6-5-10(14)12-9(11)4-3-7-15-12/h3-7,16-17H,8,14H2,1-2H3. The van der Waals surface area contributed by atoms with Gasteiger partial charge in [0, 0.05) is 23.8 Å². The van der Waals surface area contributed by atoms with E-state index >= 15 is 0 Å². The molecule has 0 saturated carbocycles. The Bertz CT molecular complexity index is 532. The van der Waals surface area contributed by atoms with Gasteiger partial charge in [-0.05, 0) is 38.1 Å². The van der Waals surface area contributed by atoms with Crippen molar-refractivity contribution in [3.63, 3.8) is 0 Å². The van der Waals surface area contributed by atoms with Crippen molar-refractivity contribution >= 4 is 22.3 Å². The van der Waals surface area contributed by atoms with Crippen molar-refractivity contribution < 1.29 is 5.11 Å². The Hall–Kier alpha value is -1.81. The third-order valence-corrected chi connectivity index (χ3v) is 2.51. The van der Waals surface area contributed by atoms with Crippen molar-refractivity contribution in [3.8, 4) is 0 Å². The largest absolute Gasteiger partial charge is 0.397 e. The van der Waals surface area contributed by atoms with E-state index < -0.39 is 5.60 Å². The van der Waals surface area contributed by atoms with E-state index in [4.69, 9.17) is 5.73 Å². The molecular weight excluding hydrogens is 214 g/mol. The Morgan fingerprint density at radius 3 is 2.82 bits per heavy atom. The van der Waals surface area contributed by atoms with E-state index in [1.54, 1.807) is 20.0 Å². The Balaban J connectivity index is 2.38. The van der Waals surface area contributed by atoms with E-state index in [0.29, 0.717) is 12.2 Å². The quantitative estimate of drug-likeness (QED) is 0.706. The number of pyridine rings is 1. The fraction of sp³-hybridized carbons (Fsp3) is 0.308. The van der Waals surface area contributed by atoms with Crippen LogP contribution in [0.5, 0.6) is 0 Å². The Labute approximate surface area is 100 Å². The number of fused-ring (bicyclic) bond motifs is 1. The second kappa shape index (κ2) is 4.22. The lowest BCUT2D eigenvalue weighted by Crippen LogP contribution is -2.29. The van der Waals surface area contributed by atoms with E-state index in [-0.39, 0.29) is 0 Å². The first-order valence-corrected chi connectivity index (χ1v) is 5.57. The molecular formula is C13H17N3O. The zero-order chi connectivity index (χ0) is 12.5. The second-order valence-corrected chi connectivity index (χ2v) is 4.77. The number of benzene rings is 1. The van der Waals surface area contributed by atoms with Gasteiger partial charge in [0.15, 0.2) is 0 Å². The number of aromatic nitrogens is 1. The van der Waals surface area contributed by atoms with Gasteiger partial charge in [0.1, 0.15) is 0 Å². The molecule has 0 aliphatic heterocycles. The summed E-state index contributed by atoms with van der Waals surface area (Å²) in [5.41, 5.74) is 7.49. The molecule has 0 bridgehead atoms. The Morgan fingerprint density at radius 1 is 1.35 bits per heavy atom. The lowest BCUT2D eigenvalue weighted by Gasteiger charge is -2.19. The van der Waals surface area contributed by atoms with Crippen LogP contribution in [0.3, 0.4) is 0 Å². The number of hydrogen-bond acceptors (Lipinski definition) is 4. The number of nitrogens with two attached hydrogens (primary N) is 1. The summed E-state index contributed by atoms with van der Waals surface area (Å²) in [6.45, 7) is 4.00. The van der Waals surface area contributed by atoms with Crippen molar-refractivity contribution in [1.82, 2.24) is 4.98 Å². The highest BCUT2D eigenvalue weighted by atomic mass is 16.3. The van der Waals surface area contributed by atoms with Gasteiger partial charge in [0.25, 0.3) is 0 Å². The molecule has 0 fully saturated rings. The lowest BCUT2D eigenvalue weighted by atomic mass is 10.1. The van der Waals surface area contributed by atoms with Gasteiger partial charge in [-0.15, -0.1) is 0 Å². The summed E-state index contributed by atoms with van der Waals surface area (Å²) < 4.78 is 0. The predicted molar refractivity (Wildman–Crippen MR) is 70.9 cm³/mol. The topological polar surface area (TPSA) is 71.2 Å². The van der Waals surface area contributed by atoms with Crippen LogP contribution < -0.4 is 11.1 Å². The molecule has 4 nitrogen and oxygen atoms in total. The molecule has 0 amide bonds. The third kappa shape index (κ3) is 2.65. The first-order valence-electron chi connectivity index (χ1n) is 5.57. The number of nitrogens with zero attached hydrogens (tertiary/aromatic N) is 1. The highest BCUT2D eigenvalue weighted by molar-refractivity contribution is 5.98. The van der Waals surface area contributed by atoms with Crippen molar-refractivity contribution in [2.45, 2.75) is 19.4 Å². The summed E-state index contributed by atoms with van der Waals surface area (Å²) >= 11 is 0. The molecule has 0 spiro atoms. The molecule has 0 aliphatic rings. The number of hydrogen-bond donors (Lipinski definition) is 3. The molecule has 0 unspecified atom stereocenters. The molecule has 4 N–H and O–H groups in total. The van der Waals surface area contributed by atoms with Gasteiger partial charge in [-0.1, -0.05) is 0 Å². The molecule has 0 aliphatic carbocycles. The first-order chi connectivity index (χ1) is 7.97. The van der Waals surface area contributed by atoms with Crippen LogP contribution in [-0.4, -0.2) is 22.2 Å². The molecule has 0 radical (unpaired) electrons. The fourth-order valence-corrected chi connectivity index (χ4v) is 1.66. The maximum atomic E-state index is 9.70. The van der Waals surface area contributed by atoms with Gasteiger partial charge < -0.3 is 16.2 Å². The van der Waals surface area contributed by atoms with Gasteiger partial charge in [-0.2, -0.15) is 0 Å². The number of aliphatic hydroxyl groups is 1. The van der Waals surface area contributed by atoms with Crippen molar-refractivity contribution in [2.24, 2.45) is 0 Å². The van der Waals surface area contributed by atoms with Crippen molar-refractivity contribution in [1.29, 1.82) is 0 Å². The summed E-state index contributed by atoms with van der Waals surface area (Å²) in [4.78, 5) is 4.26. The van der Waals surface area contributed by atoms with E-state index in [1.807, 2.05) is 24.3 Å². The normalized spacial score (nSPS) is 11.7. The minimum absolute atomic E-state index is 0.473. The van der Waals surface area contributed by atoms with E-state index in [1.165, 1.54) is 0 Å². The molecule has 0 atom stereocenters. The van der Waals surface area contributed by atoms with Crippen LogP contribution in [0.2, 0.25) is 0 Å². The number of rotatable bonds is 3. The zero-order valence-corrected chi connectivity index (χ0v) is 10.1. The molecule has 4 heteroatoms. The summed E-state index contributed by atoms with van der Waals surface area (Å²) in [6.07, 6.45) is 1.72. The van der Waals surface area contributed by atoms with Gasteiger partial charge in [-0.3, -0.25) is 4.98 Å². The monoisotopic (exact) mass is 231 g/mol. The second-order valence-electron chi connectivity index (χ2n) is 4.77. The van der Waals surface area contributed by atoms with Crippen LogP contribution in [-0.2, 0) is 0 Å². The highest BCUT2D eigenvalue weighted by Crippen LogP contribution is 2.26. The lowest BCUT2D eigenvalue weighted by molar-refractivity contribution is 0.0945. The van der Waals surface area contributed by atoms with Crippen LogP contribution in [0.1, 0.15) is 13.8 Å². The third-order valence-electron chi connectivity index (χ3n) is 2.51. The number of anilines is 2. The maximum absolute atomic E-state index is 9.70. The summed E-state index contributed by atoms with van der Waals surface area (Å²) in [7, 11) is 0. The van der Waals surface area contributed by atoms with Crippen LogP contribution in [0.4, 0.5) is 11.4 Å². The van der Waals surface area contributed by atoms with Crippen molar-refractivity contribution in [2.75, 3.05) is 17.6 Å². The van der Waals surface area contributed by atoms with E-state index in [2.05, 4.69) is 10.3 Å². The average molecular weight is 231 g/mol. The molecule has 17 heavy (non-hydrogen) atoms. The van der Waals surface area contributed by atoms with Crippen LogP contribution in [0.15, 0.2) is 30.5 Å². The smallest absolute Gasteiger partial charge is 0.0951 e. The molecule has 1 heterocycles. The minimum Gasteiger partial charge on any atom is -0.397 e. The van der Waals surface area contributed by atoms with Crippen LogP contribution in [0.25, 0.3) is 10.9 Å². The van der Waals surface area contributed by atoms with E-state index in [0.717, 1.165) is 16.6 Å². The summed E-state index contributed by atoms with van der Waals surface area (Å²) in [5, 5.41) is 13.9. The zero-order valence-electron chi connectivity index (χ0n) is 10.1. The molecule has 2 rings (SSSR count). The number of nitrogens with one attached hydrogen (secondary N) is 1. The molecule has 90 valence electrons. The van der Waals surface area contributed by atoms with Gasteiger partial charge in [0.2, 0.25) is 0 Å².